The number of carbonyl (C=O) groups excluding carboxylic acids is 1. The summed E-state index contributed by atoms with van der Waals surface area (Å²) in [5.41, 5.74) is 3.98. The van der Waals surface area contributed by atoms with Crippen molar-refractivity contribution in [1.82, 2.24) is 10.2 Å². The number of nitrogens with one attached hydrogen (secondary N) is 2. The van der Waals surface area contributed by atoms with Crippen LogP contribution in [0, 0.1) is 19.7 Å². The van der Waals surface area contributed by atoms with E-state index >= 15 is 0 Å². The lowest BCUT2D eigenvalue weighted by Crippen LogP contribution is -2.15. The molecule has 0 radical (unpaired) electrons. The first-order valence-corrected chi connectivity index (χ1v) is 8.21. The maximum atomic E-state index is 12.9. The molecule has 2 aromatic carbocycles. The first kappa shape index (κ1) is 17.5. The monoisotopic (exact) mass is 350 g/mol. The van der Waals surface area contributed by atoms with E-state index in [9.17, 15) is 9.18 Å². The Hall–Kier alpha value is -3.28. The Labute approximate surface area is 151 Å². The van der Waals surface area contributed by atoms with Crippen LogP contribution in [0.25, 0.3) is 0 Å². The van der Waals surface area contributed by atoms with Crippen LogP contribution >= 0.6 is 0 Å². The van der Waals surface area contributed by atoms with E-state index in [2.05, 4.69) is 26.9 Å². The number of carbonyl (C=O) groups is 1. The number of rotatable bonds is 5. The molecule has 0 fully saturated rings. The van der Waals surface area contributed by atoms with Crippen molar-refractivity contribution in [2.45, 2.75) is 20.3 Å². The Morgan fingerprint density at radius 1 is 0.923 bits per heavy atom. The molecule has 2 N–H and O–H groups in total. The van der Waals surface area contributed by atoms with Crippen LogP contribution in [-0.4, -0.2) is 16.1 Å². The fourth-order valence-electron chi connectivity index (χ4n) is 2.64. The zero-order chi connectivity index (χ0) is 18.5. The Morgan fingerprint density at radius 2 is 1.54 bits per heavy atom. The lowest BCUT2D eigenvalue weighted by molar-refractivity contribution is -0.115. The molecule has 6 heteroatoms. The molecule has 3 aromatic rings. The predicted octanol–water partition coefficient (Wildman–Crippen LogP) is 4.16. The summed E-state index contributed by atoms with van der Waals surface area (Å²) in [6.07, 6.45) is 0.143. The van der Waals surface area contributed by atoms with E-state index in [4.69, 9.17) is 0 Å². The van der Waals surface area contributed by atoms with Crippen molar-refractivity contribution in [2.24, 2.45) is 0 Å². The van der Waals surface area contributed by atoms with Gasteiger partial charge in [0, 0.05) is 5.69 Å². The minimum atomic E-state index is -0.327. The number of hydrogen-bond donors (Lipinski definition) is 2. The average molecular weight is 350 g/mol. The molecule has 1 heterocycles. The smallest absolute Gasteiger partial charge is 0.229 e. The second-order valence-corrected chi connectivity index (χ2v) is 6.16. The van der Waals surface area contributed by atoms with Crippen LogP contribution in [-0.2, 0) is 11.2 Å². The van der Waals surface area contributed by atoms with Gasteiger partial charge in [0.15, 0.2) is 11.6 Å². The number of aryl methyl sites for hydroxylation is 2. The summed E-state index contributed by atoms with van der Waals surface area (Å²) in [5.74, 6) is 0.391. The standard InChI is InChI=1S/C20H19FN4O/c1-13-9-14(2)11-17(10-13)22-18-7-8-19(25-24-18)23-20(26)12-15-3-5-16(21)6-4-15/h3-11H,12H2,1-2H3,(H,22,24)(H,23,25,26). The van der Waals surface area contributed by atoms with Crippen molar-refractivity contribution >= 4 is 23.2 Å². The zero-order valence-electron chi connectivity index (χ0n) is 14.6. The summed E-state index contributed by atoms with van der Waals surface area (Å²) in [4.78, 5) is 12.0. The SMILES string of the molecule is Cc1cc(C)cc(Nc2ccc(NC(=O)Cc3ccc(F)cc3)nn2)c1. The molecule has 0 atom stereocenters. The van der Waals surface area contributed by atoms with Gasteiger partial charge in [-0.05, 0) is 66.9 Å². The maximum absolute atomic E-state index is 12.9. The highest BCUT2D eigenvalue weighted by atomic mass is 19.1. The molecule has 132 valence electrons. The summed E-state index contributed by atoms with van der Waals surface area (Å²) < 4.78 is 12.9. The van der Waals surface area contributed by atoms with Crippen molar-refractivity contribution in [2.75, 3.05) is 10.6 Å². The minimum Gasteiger partial charge on any atom is -0.339 e. The quantitative estimate of drug-likeness (QED) is 0.725. The van der Waals surface area contributed by atoms with Gasteiger partial charge in [0.05, 0.1) is 6.42 Å². The van der Waals surface area contributed by atoms with Crippen LogP contribution in [0.5, 0.6) is 0 Å². The molecule has 0 bridgehead atoms. The van der Waals surface area contributed by atoms with Crippen molar-refractivity contribution < 1.29 is 9.18 Å². The Morgan fingerprint density at radius 3 is 2.15 bits per heavy atom. The number of nitrogens with zero attached hydrogens (tertiary/aromatic N) is 2. The van der Waals surface area contributed by atoms with Crippen LogP contribution < -0.4 is 10.6 Å². The molecule has 0 spiro atoms. The second-order valence-electron chi connectivity index (χ2n) is 6.16. The third-order valence-corrected chi connectivity index (χ3v) is 3.70. The molecule has 0 aliphatic heterocycles. The highest BCUT2D eigenvalue weighted by molar-refractivity contribution is 5.91. The van der Waals surface area contributed by atoms with Crippen molar-refractivity contribution in [3.63, 3.8) is 0 Å². The molecule has 0 unspecified atom stereocenters. The first-order chi connectivity index (χ1) is 12.5. The van der Waals surface area contributed by atoms with Gasteiger partial charge in [-0.1, -0.05) is 18.2 Å². The van der Waals surface area contributed by atoms with Gasteiger partial charge < -0.3 is 10.6 Å². The molecule has 3 rings (SSSR count). The Bertz CT molecular complexity index is 888. The molecule has 0 saturated heterocycles. The fourth-order valence-corrected chi connectivity index (χ4v) is 2.64. The summed E-state index contributed by atoms with van der Waals surface area (Å²) in [5, 5.41) is 14.0. The summed E-state index contributed by atoms with van der Waals surface area (Å²) >= 11 is 0. The van der Waals surface area contributed by atoms with Crippen molar-refractivity contribution in [3.05, 3.63) is 77.1 Å². The van der Waals surface area contributed by atoms with Gasteiger partial charge in [-0.2, -0.15) is 0 Å². The number of benzene rings is 2. The van der Waals surface area contributed by atoms with Crippen LogP contribution in [0.15, 0.2) is 54.6 Å². The molecule has 0 aliphatic rings. The van der Waals surface area contributed by atoms with E-state index in [1.54, 1.807) is 24.3 Å². The summed E-state index contributed by atoms with van der Waals surface area (Å²) in [7, 11) is 0. The van der Waals surface area contributed by atoms with Crippen LogP contribution in [0.4, 0.5) is 21.7 Å². The molecule has 0 saturated carbocycles. The molecular formula is C20H19FN4O. The summed E-state index contributed by atoms with van der Waals surface area (Å²) in [6, 6.07) is 15.4. The van der Waals surface area contributed by atoms with E-state index in [-0.39, 0.29) is 18.1 Å². The highest BCUT2D eigenvalue weighted by Crippen LogP contribution is 2.18. The molecule has 1 amide bonds. The minimum absolute atomic E-state index is 0.143. The summed E-state index contributed by atoms with van der Waals surface area (Å²) in [6.45, 7) is 4.06. The van der Waals surface area contributed by atoms with Gasteiger partial charge in [-0.25, -0.2) is 4.39 Å². The molecule has 0 aliphatic carbocycles. The third-order valence-electron chi connectivity index (χ3n) is 3.70. The van der Waals surface area contributed by atoms with E-state index in [0.717, 1.165) is 22.4 Å². The first-order valence-electron chi connectivity index (χ1n) is 8.21. The number of anilines is 3. The number of hydrogen-bond acceptors (Lipinski definition) is 4. The highest BCUT2D eigenvalue weighted by Gasteiger charge is 2.06. The van der Waals surface area contributed by atoms with Crippen molar-refractivity contribution in [1.29, 1.82) is 0 Å². The fraction of sp³-hybridized carbons (Fsp3) is 0.150. The van der Waals surface area contributed by atoms with E-state index in [1.807, 2.05) is 26.0 Å². The van der Waals surface area contributed by atoms with Gasteiger partial charge in [-0.3, -0.25) is 4.79 Å². The topological polar surface area (TPSA) is 66.9 Å². The van der Waals surface area contributed by atoms with Crippen LogP contribution in [0.3, 0.4) is 0 Å². The van der Waals surface area contributed by atoms with Gasteiger partial charge >= 0.3 is 0 Å². The lowest BCUT2D eigenvalue weighted by atomic mass is 10.1. The third kappa shape index (κ3) is 4.86. The van der Waals surface area contributed by atoms with E-state index in [1.165, 1.54) is 12.1 Å². The maximum Gasteiger partial charge on any atom is 0.229 e. The molecular weight excluding hydrogens is 331 g/mol. The molecule has 1 aromatic heterocycles. The number of aromatic nitrogens is 2. The van der Waals surface area contributed by atoms with Gasteiger partial charge in [-0.15, -0.1) is 10.2 Å². The molecule has 5 nitrogen and oxygen atoms in total. The van der Waals surface area contributed by atoms with E-state index < -0.39 is 0 Å². The zero-order valence-corrected chi connectivity index (χ0v) is 14.6. The molecule has 26 heavy (non-hydrogen) atoms. The van der Waals surface area contributed by atoms with E-state index in [0.29, 0.717) is 11.6 Å². The van der Waals surface area contributed by atoms with Gasteiger partial charge in [0.25, 0.3) is 0 Å². The van der Waals surface area contributed by atoms with Crippen molar-refractivity contribution in [3.8, 4) is 0 Å². The van der Waals surface area contributed by atoms with Crippen LogP contribution in [0.2, 0.25) is 0 Å². The average Bonchev–Trinajstić information content (AvgIpc) is 2.58. The lowest BCUT2D eigenvalue weighted by Gasteiger charge is -2.08. The Balaban J connectivity index is 1.60. The van der Waals surface area contributed by atoms with Gasteiger partial charge in [0.1, 0.15) is 5.82 Å². The normalized spacial score (nSPS) is 10.4. The number of amides is 1. The largest absolute Gasteiger partial charge is 0.339 e. The number of halogens is 1. The predicted molar refractivity (Wildman–Crippen MR) is 100.0 cm³/mol. The Kier molecular flexibility index (Phi) is 5.22. The second kappa shape index (κ2) is 7.74. The van der Waals surface area contributed by atoms with Gasteiger partial charge in [0.2, 0.25) is 5.91 Å². The van der Waals surface area contributed by atoms with Crippen LogP contribution in [0.1, 0.15) is 16.7 Å².